The Morgan fingerprint density at radius 2 is 2.10 bits per heavy atom. The number of sulfonamides is 1. The lowest BCUT2D eigenvalue weighted by molar-refractivity contribution is 0.0947. The minimum atomic E-state index is -3.87. The van der Waals surface area contributed by atoms with E-state index in [0.29, 0.717) is 6.54 Å². The van der Waals surface area contributed by atoms with Gasteiger partial charge in [-0.25, -0.2) is 13.6 Å². The number of rotatable bonds is 6. The summed E-state index contributed by atoms with van der Waals surface area (Å²) in [7, 11) is -0.689. The van der Waals surface area contributed by atoms with Crippen LogP contribution < -0.4 is 20.5 Å². The SMILES string of the molecule is CNC(C)CNC(=O)c1cc(S(N)(=O)=O)ccc1OC. The molecule has 1 atom stereocenters. The van der Waals surface area contributed by atoms with Crippen LogP contribution in [0.1, 0.15) is 17.3 Å². The molecule has 112 valence electrons. The number of ether oxygens (including phenoxy) is 1. The predicted octanol–water partition coefficient (Wildman–Crippen LogP) is -0.320. The van der Waals surface area contributed by atoms with E-state index in [2.05, 4.69) is 10.6 Å². The molecule has 0 saturated carbocycles. The summed E-state index contributed by atoms with van der Waals surface area (Å²) >= 11 is 0. The first-order valence-electron chi connectivity index (χ1n) is 5.96. The minimum absolute atomic E-state index is 0.0892. The number of primary sulfonamides is 1. The topological polar surface area (TPSA) is 111 Å². The van der Waals surface area contributed by atoms with Gasteiger partial charge in [0, 0.05) is 12.6 Å². The summed E-state index contributed by atoms with van der Waals surface area (Å²) in [6.07, 6.45) is 0. The minimum Gasteiger partial charge on any atom is -0.496 e. The van der Waals surface area contributed by atoms with Gasteiger partial charge in [0.05, 0.1) is 17.6 Å². The first-order valence-corrected chi connectivity index (χ1v) is 7.50. The Hall–Kier alpha value is -1.64. The fourth-order valence-electron chi connectivity index (χ4n) is 1.48. The fraction of sp³-hybridized carbons (Fsp3) is 0.417. The van der Waals surface area contributed by atoms with E-state index in [9.17, 15) is 13.2 Å². The van der Waals surface area contributed by atoms with E-state index in [1.165, 1.54) is 25.3 Å². The number of likely N-dealkylation sites (N-methyl/N-ethyl adjacent to an activating group) is 1. The van der Waals surface area contributed by atoms with Crippen molar-refractivity contribution in [1.82, 2.24) is 10.6 Å². The average Bonchev–Trinajstić information content (AvgIpc) is 2.42. The number of carbonyl (C=O) groups is 1. The Morgan fingerprint density at radius 1 is 1.45 bits per heavy atom. The Balaban J connectivity index is 3.05. The lowest BCUT2D eigenvalue weighted by atomic mass is 10.2. The van der Waals surface area contributed by atoms with E-state index in [1.807, 2.05) is 6.92 Å². The number of hydrogen-bond donors (Lipinski definition) is 3. The quantitative estimate of drug-likeness (QED) is 0.667. The second-order valence-corrected chi connectivity index (χ2v) is 5.87. The van der Waals surface area contributed by atoms with Gasteiger partial charge < -0.3 is 15.4 Å². The van der Waals surface area contributed by atoms with Gasteiger partial charge in [0.2, 0.25) is 10.0 Å². The maximum atomic E-state index is 12.1. The van der Waals surface area contributed by atoms with Gasteiger partial charge in [-0.2, -0.15) is 0 Å². The first-order chi connectivity index (χ1) is 9.29. The van der Waals surface area contributed by atoms with Gasteiger partial charge in [0.1, 0.15) is 5.75 Å². The zero-order valence-corrected chi connectivity index (χ0v) is 12.5. The van der Waals surface area contributed by atoms with Gasteiger partial charge in [-0.05, 0) is 32.2 Å². The van der Waals surface area contributed by atoms with Crippen LogP contribution in [0, 0.1) is 0 Å². The van der Waals surface area contributed by atoms with E-state index >= 15 is 0 Å². The summed E-state index contributed by atoms with van der Waals surface area (Å²) in [4.78, 5) is 11.9. The van der Waals surface area contributed by atoms with Crippen molar-refractivity contribution in [2.75, 3.05) is 20.7 Å². The Labute approximate surface area is 118 Å². The number of nitrogens with two attached hydrogens (primary N) is 1. The largest absolute Gasteiger partial charge is 0.496 e. The third-order valence-corrected chi connectivity index (χ3v) is 3.72. The zero-order chi connectivity index (χ0) is 15.3. The normalized spacial score (nSPS) is 12.8. The van der Waals surface area contributed by atoms with E-state index in [0.717, 1.165) is 0 Å². The van der Waals surface area contributed by atoms with E-state index < -0.39 is 15.9 Å². The van der Waals surface area contributed by atoms with Gasteiger partial charge in [-0.1, -0.05) is 0 Å². The van der Waals surface area contributed by atoms with Gasteiger partial charge in [0.15, 0.2) is 0 Å². The smallest absolute Gasteiger partial charge is 0.255 e. The van der Waals surface area contributed by atoms with Crippen molar-refractivity contribution in [3.8, 4) is 5.75 Å². The van der Waals surface area contributed by atoms with Crippen molar-refractivity contribution in [1.29, 1.82) is 0 Å². The van der Waals surface area contributed by atoms with Crippen LogP contribution in [0.25, 0.3) is 0 Å². The highest BCUT2D eigenvalue weighted by atomic mass is 32.2. The molecule has 0 bridgehead atoms. The summed E-state index contributed by atoms with van der Waals surface area (Å²) < 4.78 is 27.7. The van der Waals surface area contributed by atoms with Gasteiger partial charge in [-0.3, -0.25) is 4.79 Å². The van der Waals surface area contributed by atoms with Crippen molar-refractivity contribution in [2.24, 2.45) is 5.14 Å². The van der Waals surface area contributed by atoms with Gasteiger partial charge in [0.25, 0.3) is 5.91 Å². The Kier molecular flexibility index (Phi) is 5.49. The molecule has 1 amide bonds. The lowest BCUT2D eigenvalue weighted by Gasteiger charge is -2.13. The van der Waals surface area contributed by atoms with Crippen LogP contribution in [0.5, 0.6) is 5.75 Å². The third kappa shape index (κ3) is 4.19. The molecule has 20 heavy (non-hydrogen) atoms. The second-order valence-electron chi connectivity index (χ2n) is 4.31. The molecule has 0 fully saturated rings. The van der Waals surface area contributed by atoms with Crippen molar-refractivity contribution in [2.45, 2.75) is 17.9 Å². The van der Waals surface area contributed by atoms with Crippen LogP contribution in [0.15, 0.2) is 23.1 Å². The Bertz CT molecular complexity index is 586. The monoisotopic (exact) mass is 301 g/mol. The molecule has 0 aliphatic rings. The maximum absolute atomic E-state index is 12.1. The van der Waals surface area contributed by atoms with Gasteiger partial charge in [-0.15, -0.1) is 0 Å². The number of nitrogens with one attached hydrogen (secondary N) is 2. The Morgan fingerprint density at radius 3 is 2.60 bits per heavy atom. The van der Waals surface area contributed by atoms with Crippen molar-refractivity contribution >= 4 is 15.9 Å². The average molecular weight is 301 g/mol. The molecule has 0 aliphatic carbocycles. The van der Waals surface area contributed by atoms with Crippen LogP contribution in [-0.4, -0.2) is 41.1 Å². The summed E-state index contributed by atoms with van der Waals surface area (Å²) in [5.41, 5.74) is 0.127. The second kappa shape index (κ2) is 6.69. The van der Waals surface area contributed by atoms with Crippen LogP contribution in [-0.2, 0) is 10.0 Å². The highest BCUT2D eigenvalue weighted by Crippen LogP contribution is 2.21. The molecule has 0 spiro atoms. The summed E-state index contributed by atoms with van der Waals surface area (Å²) in [5, 5.41) is 10.7. The highest BCUT2D eigenvalue weighted by molar-refractivity contribution is 7.89. The zero-order valence-electron chi connectivity index (χ0n) is 11.6. The van der Waals surface area contributed by atoms with Crippen molar-refractivity contribution in [3.05, 3.63) is 23.8 Å². The summed E-state index contributed by atoms with van der Waals surface area (Å²) in [5.74, 6) is -0.138. The molecule has 0 heterocycles. The number of carbonyl (C=O) groups excluding carboxylic acids is 1. The molecular formula is C12H19N3O4S. The fourth-order valence-corrected chi connectivity index (χ4v) is 2.02. The van der Waals surface area contributed by atoms with Crippen LogP contribution in [0.4, 0.5) is 0 Å². The lowest BCUT2D eigenvalue weighted by Crippen LogP contribution is -2.37. The molecule has 7 nitrogen and oxygen atoms in total. The molecule has 0 saturated heterocycles. The predicted molar refractivity (Wildman–Crippen MR) is 75.2 cm³/mol. The molecule has 8 heteroatoms. The number of amides is 1. The number of hydrogen-bond acceptors (Lipinski definition) is 5. The third-order valence-electron chi connectivity index (χ3n) is 2.81. The van der Waals surface area contributed by atoms with Crippen molar-refractivity contribution in [3.63, 3.8) is 0 Å². The van der Waals surface area contributed by atoms with Crippen molar-refractivity contribution < 1.29 is 17.9 Å². The molecular weight excluding hydrogens is 282 g/mol. The van der Waals surface area contributed by atoms with E-state index in [-0.39, 0.29) is 22.3 Å². The molecule has 0 aromatic heterocycles. The molecule has 1 unspecified atom stereocenters. The van der Waals surface area contributed by atoms with E-state index in [1.54, 1.807) is 7.05 Å². The standard InChI is InChI=1S/C12H19N3O4S/c1-8(14-2)7-15-12(16)10-6-9(20(13,17)18)4-5-11(10)19-3/h4-6,8,14H,7H2,1-3H3,(H,15,16)(H2,13,17,18). The molecule has 4 N–H and O–H groups in total. The van der Waals surface area contributed by atoms with Gasteiger partial charge >= 0.3 is 0 Å². The van der Waals surface area contributed by atoms with E-state index in [4.69, 9.17) is 9.88 Å². The molecule has 1 aromatic carbocycles. The molecule has 0 aliphatic heterocycles. The summed E-state index contributed by atoms with van der Waals surface area (Å²) in [6.45, 7) is 2.30. The highest BCUT2D eigenvalue weighted by Gasteiger charge is 2.17. The maximum Gasteiger partial charge on any atom is 0.255 e. The van der Waals surface area contributed by atoms with Crippen LogP contribution in [0.3, 0.4) is 0 Å². The molecule has 1 aromatic rings. The number of methoxy groups -OCH3 is 1. The first kappa shape index (κ1) is 16.4. The molecule has 0 radical (unpaired) electrons. The van der Waals surface area contributed by atoms with Crippen LogP contribution in [0.2, 0.25) is 0 Å². The molecule has 1 rings (SSSR count). The summed E-state index contributed by atoms with van der Waals surface area (Å²) in [6, 6.07) is 3.98. The number of benzene rings is 1. The van der Waals surface area contributed by atoms with Crippen LogP contribution >= 0.6 is 0 Å².